The molecule has 2 heterocycles. The van der Waals surface area contributed by atoms with Crippen molar-refractivity contribution in [2.75, 3.05) is 19.8 Å². The summed E-state index contributed by atoms with van der Waals surface area (Å²) in [6, 6.07) is 0. The zero-order valence-corrected chi connectivity index (χ0v) is 11.6. The van der Waals surface area contributed by atoms with E-state index in [1.807, 2.05) is 0 Å². The Hall–Kier alpha value is -2.00. The third kappa shape index (κ3) is 3.76. The molecule has 9 nitrogen and oxygen atoms in total. The Balaban J connectivity index is 1.90. The van der Waals surface area contributed by atoms with Gasteiger partial charge in [0.25, 0.3) is 0 Å². The molecule has 4 N–H and O–H groups in total. The fourth-order valence-electron chi connectivity index (χ4n) is 2.28. The second kappa shape index (κ2) is 6.64. The van der Waals surface area contributed by atoms with Crippen molar-refractivity contribution in [2.24, 2.45) is 11.1 Å². The molecule has 2 rings (SSSR count). The molecule has 0 radical (unpaired) electrons. The molecule has 0 unspecified atom stereocenters. The molecule has 0 aromatic carbocycles. The zero-order chi connectivity index (χ0) is 15.3. The van der Waals surface area contributed by atoms with Crippen molar-refractivity contribution in [1.82, 2.24) is 20.3 Å². The molecule has 1 aromatic heterocycles. The molecule has 1 fully saturated rings. The van der Waals surface area contributed by atoms with Crippen LogP contribution in [0.2, 0.25) is 0 Å². The monoisotopic (exact) mass is 297 g/mol. The standard InChI is InChI=1S/C12H19N5O4/c13-8-12(1-3-21-4-2-12)11(20)14-5-9-6-17(16-15-9)7-10(18)19/h6H,1-5,7-8,13H2,(H,14,20)(H,18,19). The lowest BCUT2D eigenvalue weighted by Crippen LogP contribution is -2.49. The minimum Gasteiger partial charge on any atom is -0.480 e. The van der Waals surface area contributed by atoms with Crippen molar-refractivity contribution in [2.45, 2.75) is 25.9 Å². The van der Waals surface area contributed by atoms with Gasteiger partial charge in [-0.25, -0.2) is 4.68 Å². The van der Waals surface area contributed by atoms with Gasteiger partial charge in [-0.1, -0.05) is 5.21 Å². The first kappa shape index (κ1) is 15.4. The normalized spacial score (nSPS) is 17.4. The molecular weight excluding hydrogens is 278 g/mol. The van der Waals surface area contributed by atoms with Crippen LogP contribution < -0.4 is 11.1 Å². The largest absolute Gasteiger partial charge is 0.480 e. The summed E-state index contributed by atoms with van der Waals surface area (Å²) in [5.74, 6) is -1.12. The average Bonchev–Trinajstić information content (AvgIpc) is 2.92. The number of carbonyl (C=O) groups excluding carboxylic acids is 1. The minimum atomic E-state index is -1.00. The van der Waals surface area contributed by atoms with E-state index in [0.717, 1.165) is 0 Å². The number of rotatable bonds is 6. The highest BCUT2D eigenvalue weighted by molar-refractivity contribution is 5.83. The summed E-state index contributed by atoms with van der Waals surface area (Å²) in [6.45, 7) is 1.26. The van der Waals surface area contributed by atoms with Crippen LogP contribution in [0, 0.1) is 5.41 Å². The first-order valence-corrected chi connectivity index (χ1v) is 6.73. The van der Waals surface area contributed by atoms with Crippen molar-refractivity contribution in [3.63, 3.8) is 0 Å². The fourth-order valence-corrected chi connectivity index (χ4v) is 2.28. The highest BCUT2D eigenvalue weighted by Gasteiger charge is 2.38. The molecule has 1 amide bonds. The number of nitrogens with one attached hydrogen (secondary N) is 1. The SMILES string of the molecule is NCC1(C(=O)NCc2cn(CC(=O)O)nn2)CCOCC1. The number of nitrogens with zero attached hydrogens (tertiary/aromatic N) is 3. The molecule has 0 atom stereocenters. The maximum Gasteiger partial charge on any atom is 0.325 e. The lowest BCUT2D eigenvalue weighted by molar-refractivity contribution is -0.138. The number of nitrogens with two attached hydrogens (primary N) is 1. The number of carboxylic acid groups (broad SMARTS) is 1. The summed E-state index contributed by atoms with van der Waals surface area (Å²) in [4.78, 5) is 22.9. The van der Waals surface area contributed by atoms with Crippen molar-refractivity contribution < 1.29 is 19.4 Å². The van der Waals surface area contributed by atoms with Crippen LogP contribution in [0.1, 0.15) is 18.5 Å². The molecule has 1 aromatic rings. The van der Waals surface area contributed by atoms with Gasteiger partial charge in [0.15, 0.2) is 0 Å². The molecule has 1 saturated heterocycles. The van der Waals surface area contributed by atoms with Crippen molar-refractivity contribution in [1.29, 1.82) is 0 Å². The molecule has 9 heteroatoms. The maximum absolute atomic E-state index is 12.3. The van der Waals surface area contributed by atoms with Gasteiger partial charge in [-0.15, -0.1) is 5.10 Å². The summed E-state index contributed by atoms with van der Waals surface area (Å²) >= 11 is 0. The minimum absolute atomic E-state index is 0.124. The van der Waals surface area contributed by atoms with Crippen molar-refractivity contribution in [3.05, 3.63) is 11.9 Å². The summed E-state index contributed by atoms with van der Waals surface area (Å²) < 4.78 is 6.47. The predicted molar refractivity (Wildman–Crippen MR) is 71.0 cm³/mol. The van der Waals surface area contributed by atoms with Crippen LogP contribution in [0.25, 0.3) is 0 Å². The van der Waals surface area contributed by atoms with E-state index in [1.165, 1.54) is 10.9 Å². The van der Waals surface area contributed by atoms with E-state index in [9.17, 15) is 9.59 Å². The van der Waals surface area contributed by atoms with E-state index in [4.69, 9.17) is 15.6 Å². The second-order valence-electron chi connectivity index (χ2n) is 5.08. The Morgan fingerprint density at radius 1 is 1.48 bits per heavy atom. The van der Waals surface area contributed by atoms with Crippen molar-refractivity contribution in [3.8, 4) is 0 Å². The Morgan fingerprint density at radius 3 is 2.81 bits per heavy atom. The van der Waals surface area contributed by atoms with Gasteiger partial charge in [-0.2, -0.15) is 0 Å². The van der Waals surface area contributed by atoms with E-state index in [-0.39, 0.29) is 25.5 Å². The number of ether oxygens (including phenoxy) is 1. The first-order valence-electron chi connectivity index (χ1n) is 6.73. The number of aromatic nitrogens is 3. The Kier molecular flexibility index (Phi) is 4.86. The number of hydrogen-bond acceptors (Lipinski definition) is 6. The summed E-state index contributed by atoms with van der Waals surface area (Å²) in [5, 5.41) is 18.9. The lowest BCUT2D eigenvalue weighted by Gasteiger charge is -2.34. The van der Waals surface area contributed by atoms with Crippen LogP contribution in [0.15, 0.2) is 6.20 Å². The molecular formula is C12H19N5O4. The van der Waals surface area contributed by atoms with Gasteiger partial charge in [0.05, 0.1) is 18.2 Å². The van der Waals surface area contributed by atoms with Gasteiger partial charge in [-0.05, 0) is 12.8 Å². The molecule has 0 saturated carbocycles. The Morgan fingerprint density at radius 2 is 2.19 bits per heavy atom. The number of carbonyl (C=O) groups is 2. The van der Waals surface area contributed by atoms with Gasteiger partial charge in [0, 0.05) is 19.8 Å². The summed E-state index contributed by atoms with van der Waals surface area (Å²) in [7, 11) is 0. The molecule has 0 spiro atoms. The van der Waals surface area contributed by atoms with Gasteiger partial charge in [0.1, 0.15) is 12.2 Å². The van der Waals surface area contributed by atoms with Gasteiger partial charge in [0.2, 0.25) is 5.91 Å². The van der Waals surface area contributed by atoms with Gasteiger partial charge < -0.3 is 20.9 Å². The van der Waals surface area contributed by atoms with E-state index < -0.39 is 11.4 Å². The number of amides is 1. The molecule has 116 valence electrons. The lowest BCUT2D eigenvalue weighted by atomic mass is 9.79. The molecule has 1 aliphatic rings. The van der Waals surface area contributed by atoms with Crippen LogP contribution in [0.3, 0.4) is 0 Å². The van der Waals surface area contributed by atoms with Crippen LogP contribution in [0.4, 0.5) is 0 Å². The van der Waals surface area contributed by atoms with Crippen LogP contribution in [-0.4, -0.2) is 51.7 Å². The topological polar surface area (TPSA) is 132 Å². The van der Waals surface area contributed by atoms with Crippen LogP contribution >= 0.6 is 0 Å². The average molecular weight is 297 g/mol. The number of hydrogen-bond donors (Lipinski definition) is 3. The number of carboxylic acids is 1. The molecule has 21 heavy (non-hydrogen) atoms. The number of aliphatic carboxylic acids is 1. The van der Waals surface area contributed by atoms with E-state index in [0.29, 0.717) is 31.7 Å². The highest BCUT2D eigenvalue weighted by Crippen LogP contribution is 2.29. The Labute approximate surface area is 121 Å². The molecule has 1 aliphatic heterocycles. The molecule has 0 aliphatic carbocycles. The fraction of sp³-hybridized carbons (Fsp3) is 0.667. The summed E-state index contributed by atoms with van der Waals surface area (Å²) in [6.07, 6.45) is 2.69. The smallest absolute Gasteiger partial charge is 0.325 e. The van der Waals surface area contributed by atoms with E-state index >= 15 is 0 Å². The zero-order valence-electron chi connectivity index (χ0n) is 11.6. The third-order valence-electron chi connectivity index (χ3n) is 3.64. The predicted octanol–water partition coefficient (Wildman–Crippen LogP) is -1.27. The van der Waals surface area contributed by atoms with Gasteiger partial charge in [-0.3, -0.25) is 9.59 Å². The quantitative estimate of drug-likeness (QED) is 0.596. The van der Waals surface area contributed by atoms with Crippen LogP contribution in [0.5, 0.6) is 0 Å². The summed E-state index contributed by atoms with van der Waals surface area (Å²) in [5.41, 5.74) is 5.67. The van der Waals surface area contributed by atoms with Crippen molar-refractivity contribution >= 4 is 11.9 Å². The first-order chi connectivity index (χ1) is 10.1. The van der Waals surface area contributed by atoms with E-state index in [2.05, 4.69) is 15.6 Å². The Bertz CT molecular complexity index is 510. The third-order valence-corrected chi connectivity index (χ3v) is 3.64. The molecule has 0 bridgehead atoms. The van der Waals surface area contributed by atoms with E-state index in [1.54, 1.807) is 0 Å². The van der Waals surface area contributed by atoms with Crippen LogP contribution in [-0.2, 0) is 27.4 Å². The van der Waals surface area contributed by atoms with Gasteiger partial charge >= 0.3 is 5.97 Å². The second-order valence-corrected chi connectivity index (χ2v) is 5.08. The maximum atomic E-state index is 12.3. The highest BCUT2D eigenvalue weighted by atomic mass is 16.5.